The van der Waals surface area contributed by atoms with Crippen LogP contribution in [0.1, 0.15) is 62.3 Å². The van der Waals surface area contributed by atoms with Gasteiger partial charge in [-0.1, -0.05) is 29.7 Å². The summed E-state index contributed by atoms with van der Waals surface area (Å²) >= 11 is 4.08. The summed E-state index contributed by atoms with van der Waals surface area (Å²) in [6.07, 6.45) is 5.75. The number of nitrogens with two attached hydrogens (primary N) is 2. The molecule has 3 aliphatic heterocycles. The van der Waals surface area contributed by atoms with Gasteiger partial charge >= 0.3 is 24.1 Å². The molecule has 22 heteroatoms. The molecule has 3 rings (SSSR count). The van der Waals surface area contributed by atoms with Gasteiger partial charge in [-0.25, -0.2) is 14.4 Å². The van der Waals surface area contributed by atoms with Crippen LogP contribution in [0.5, 0.6) is 0 Å². The average molecular weight is 781 g/mol. The quantitative estimate of drug-likeness (QED) is 0.152. The van der Waals surface area contributed by atoms with Crippen LogP contribution in [0.25, 0.3) is 0 Å². The van der Waals surface area contributed by atoms with Crippen molar-refractivity contribution in [3.05, 3.63) is 36.5 Å². The summed E-state index contributed by atoms with van der Waals surface area (Å²) in [7, 11) is 2.32. The predicted molar refractivity (Wildman–Crippen MR) is 191 cm³/mol. The SMILES string of the molecule is C.C.C.C.CCOCN.COC(=O)N1C(=O)C=CC1=O.COC(N)=O.O=C(CCCN1C(=O)C=CC1=O)ON=S.O=C(O)CCCN1C(=O)C=CC1=O. The van der Waals surface area contributed by atoms with Crippen molar-refractivity contribution < 1.29 is 72.1 Å². The zero-order valence-electron chi connectivity index (χ0n) is 26.6. The minimum Gasteiger partial charge on any atom is -0.481 e. The number of methoxy groups -OCH3 is 2. The Morgan fingerprint density at radius 3 is 1.34 bits per heavy atom. The van der Waals surface area contributed by atoms with E-state index in [4.69, 9.17) is 10.8 Å². The number of ether oxygens (including phenoxy) is 3. The van der Waals surface area contributed by atoms with Crippen LogP contribution in [0.4, 0.5) is 9.59 Å². The van der Waals surface area contributed by atoms with E-state index in [9.17, 15) is 47.9 Å². The van der Waals surface area contributed by atoms with Gasteiger partial charge in [0.25, 0.3) is 35.4 Å². The predicted octanol–water partition coefficient (Wildman–Crippen LogP) is 1.53. The van der Waals surface area contributed by atoms with E-state index in [1.165, 1.54) is 31.4 Å². The average Bonchev–Trinajstić information content (AvgIpc) is 3.68. The fourth-order valence-electron chi connectivity index (χ4n) is 2.95. The first-order valence-electron chi connectivity index (χ1n) is 13.7. The van der Waals surface area contributed by atoms with Gasteiger partial charge in [-0.2, -0.15) is 4.90 Å². The number of carbonyl (C=O) groups excluding carboxylic acids is 9. The molecule has 302 valence electrons. The zero-order chi connectivity index (χ0) is 37.9. The van der Waals surface area contributed by atoms with Crippen molar-refractivity contribution >= 4 is 72.0 Å². The molecule has 0 aromatic heterocycles. The number of carboxylic acids is 1. The number of carbonyl (C=O) groups is 10. The number of hydrogen-bond acceptors (Lipinski definition) is 17. The molecular formula is C31H52N6O15S. The van der Waals surface area contributed by atoms with E-state index in [2.05, 4.69) is 41.7 Å². The molecule has 5 N–H and O–H groups in total. The summed E-state index contributed by atoms with van der Waals surface area (Å²) < 4.78 is 15.5. The molecule has 0 aromatic carbocycles. The van der Waals surface area contributed by atoms with Crippen LogP contribution < -0.4 is 11.5 Å². The Morgan fingerprint density at radius 1 is 0.717 bits per heavy atom. The van der Waals surface area contributed by atoms with Crippen molar-refractivity contribution in [2.45, 2.75) is 62.3 Å². The molecule has 0 spiro atoms. The Bertz CT molecular complexity index is 1280. The lowest BCUT2D eigenvalue weighted by atomic mass is 10.3. The highest BCUT2D eigenvalue weighted by atomic mass is 32.1. The third-order valence-electron chi connectivity index (χ3n) is 5.16. The monoisotopic (exact) mass is 780 g/mol. The van der Waals surface area contributed by atoms with Crippen molar-refractivity contribution in [3.8, 4) is 0 Å². The molecule has 0 fully saturated rings. The molecular weight excluding hydrogens is 728 g/mol. The number of rotatable bonds is 11. The summed E-state index contributed by atoms with van der Waals surface area (Å²) in [5.41, 5.74) is 9.35. The Balaban J connectivity index is -0.000000135. The lowest BCUT2D eigenvalue weighted by Crippen LogP contribution is -2.35. The molecule has 3 aliphatic rings. The van der Waals surface area contributed by atoms with Crippen LogP contribution in [0.3, 0.4) is 0 Å². The van der Waals surface area contributed by atoms with Gasteiger partial charge < -0.3 is 35.6 Å². The maximum atomic E-state index is 11.1. The summed E-state index contributed by atoms with van der Waals surface area (Å²) in [6.45, 7) is 3.34. The standard InChI is InChI=1S/C8H8N2O4S.C8H9NO4.C6H5NO4.C3H9NO.C2H5NO2.4CH4/c11-6-3-4-7(12)10(6)5-1-2-8(13)14-9-15;10-6-3-4-7(11)9(6)5-1-2-8(12)13;1-11-6(10)7-4(8)2-3-5(7)9;1-2-5-3-4;1-5-2(3)4;;;;/h3-4H,1-2,5H2;3-4H,1-2,5H2,(H,12,13);2-3H,1H3;2-4H2,1H3;1H3,(H2,3,4);4*1H4. The topological polar surface area (TPSA) is 302 Å². The molecule has 0 bridgehead atoms. The van der Waals surface area contributed by atoms with E-state index in [-0.39, 0.29) is 79.3 Å². The maximum Gasteiger partial charge on any atom is 0.423 e. The number of primary amides is 1. The van der Waals surface area contributed by atoms with Gasteiger partial charge in [-0.15, -0.1) is 0 Å². The number of aliphatic carboxylic acids is 1. The fraction of sp³-hybridized carbons (Fsp3) is 0.484. The van der Waals surface area contributed by atoms with Crippen molar-refractivity contribution in [1.29, 1.82) is 0 Å². The highest BCUT2D eigenvalue weighted by molar-refractivity contribution is 7.47. The highest BCUT2D eigenvalue weighted by Crippen LogP contribution is 2.07. The second-order valence-electron chi connectivity index (χ2n) is 8.46. The second kappa shape index (κ2) is 34.7. The van der Waals surface area contributed by atoms with Crippen molar-refractivity contribution in [3.63, 3.8) is 0 Å². The summed E-state index contributed by atoms with van der Waals surface area (Å²) in [4.78, 5) is 113. The summed E-state index contributed by atoms with van der Waals surface area (Å²) in [6, 6.07) is 0. The Morgan fingerprint density at radius 2 is 1.08 bits per heavy atom. The van der Waals surface area contributed by atoms with E-state index in [1.807, 2.05) is 6.92 Å². The third-order valence-corrected chi connectivity index (χ3v) is 5.24. The normalized spacial score (nSPS) is 12.6. The van der Waals surface area contributed by atoms with E-state index >= 15 is 0 Å². The number of amides is 8. The van der Waals surface area contributed by atoms with Crippen LogP contribution in [-0.2, 0) is 69.8 Å². The molecule has 0 aromatic rings. The number of imide groups is 5. The highest BCUT2D eigenvalue weighted by Gasteiger charge is 2.30. The molecule has 0 unspecified atom stereocenters. The molecule has 0 atom stereocenters. The van der Waals surface area contributed by atoms with Crippen LogP contribution in [0.2, 0.25) is 0 Å². The largest absolute Gasteiger partial charge is 0.481 e. The molecule has 0 saturated heterocycles. The number of nitrogens with zero attached hydrogens (tertiary/aromatic N) is 4. The molecule has 0 radical (unpaired) electrons. The van der Waals surface area contributed by atoms with Crippen LogP contribution in [-0.4, -0.2) is 120 Å². The number of hydrogen-bond donors (Lipinski definition) is 3. The van der Waals surface area contributed by atoms with Crippen LogP contribution >= 0.6 is 0 Å². The van der Waals surface area contributed by atoms with Gasteiger partial charge in [-0.3, -0.25) is 43.4 Å². The first-order chi connectivity index (χ1) is 23.1. The number of carboxylic acid groups (broad SMARTS) is 1. The van der Waals surface area contributed by atoms with Crippen LogP contribution in [0.15, 0.2) is 41.0 Å². The van der Waals surface area contributed by atoms with E-state index in [0.717, 1.165) is 35.7 Å². The van der Waals surface area contributed by atoms with Crippen molar-refractivity contribution in [1.82, 2.24) is 14.7 Å². The lowest BCUT2D eigenvalue weighted by Gasteiger charge is -2.12. The minimum atomic E-state index is -0.954. The molecule has 53 heavy (non-hydrogen) atoms. The first kappa shape index (κ1) is 59.4. The van der Waals surface area contributed by atoms with Gasteiger partial charge in [0.05, 0.1) is 33.4 Å². The molecule has 3 heterocycles. The summed E-state index contributed by atoms with van der Waals surface area (Å²) in [5.74, 6) is -4.28. The maximum absolute atomic E-state index is 11.1. The fourth-order valence-corrected chi connectivity index (χ4v) is 3.03. The van der Waals surface area contributed by atoms with E-state index < -0.39 is 35.9 Å². The molecule has 21 nitrogen and oxygen atoms in total. The van der Waals surface area contributed by atoms with Gasteiger partial charge in [0.15, 0.2) is 0 Å². The minimum absolute atomic E-state index is 0. The zero-order valence-corrected chi connectivity index (χ0v) is 27.5. The molecule has 0 saturated carbocycles. The van der Waals surface area contributed by atoms with Crippen molar-refractivity contribution in [2.24, 2.45) is 16.0 Å². The van der Waals surface area contributed by atoms with Crippen molar-refractivity contribution in [2.75, 3.05) is 40.6 Å². The van der Waals surface area contributed by atoms with Gasteiger partial charge in [0.1, 0.15) is 0 Å². The Kier molecular flexibility index (Phi) is 38.9. The van der Waals surface area contributed by atoms with E-state index in [1.54, 1.807) is 0 Å². The Hall–Kier alpha value is -5.74. The van der Waals surface area contributed by atoms with Crippen LogP contribution in [0, 0.1) is 0 Å². The molecule has 8 amide bonds. The Labute approximate surface area is 314 Å². The lowest BCUT2D eigenvalue weighted by molar-refractivity contribution is -0.144. The van der Waals surface area contributed by atoms with Gasteiger partial charge in [0.2, 0.25) is 0 Å². The second-order valence-corrected chi connectivity index (χ2v) is 8.61. The third kappa shape index (κ3) is 26.7. The smallest absolute Gasteiger partial charge is 0.423 e. The van der Waals surface area contributed by atoms with Gasteiger partial charge in [0, 0.05) is 69.0 Å². The van der Waals surface area contributed by atoms with Gasteiger partial charge in [-0.05, 0) is 24.3 Å². The molecule has 0 aliphatic carbocycles. The van der Waals surface area contributed by atoms with E-state index in [0.29, 0.717) is 24.5 Å². The summed E-state index contributed by atoms with van der Waals surface area (Å²) in [5, 5.41) is 8.32. The first-order valence-corrected chi connectivity index (χ1v) is 14.0.